The second-order valence-corrected chi connectivity index (χ2v) is 9.01. The molecule has 7 heteroatoms. The molecule has 0 atom stereocenters. The molecule has 0 bridgehead atoms. The van der Waals surface area contributed by atoms with Crippen LogP contribution in [0.1, 0.15) is 67.2 Å². The van der Waals surface area contributed by atoms with Gasteiger partial charge in [0.1, 0.15) is 13.5 Å². The number of aromatic nitrogens is 3. The summed E-state index contributed by atoms with van der Waals surface area (Å²) in [4.78, 5) is 17.4. The van der Waals surface area contributed by atoms with E-state index in [0.717, 1.165) is 42.6 Å². The Morgan fingerprint density at radius 3 is 2.52 bits per heavy atom. The first-order valence-corrected chi connectivity index (χ1v) is 11.1. The van der Waals surface area contributed by atoms with Crippen molar-refractivity contribution in [3.63, 3.8) is 0 Å². The molecule has 160 valence electrons. The molecule has 1 aliphatic carbocycles. The molecule has 1 amide bonds. The van der Waals surface area contributed by atoms with Crippen molar-refractivity contribution in [1.82, 2.24) is 20.1 Å². The molecule has 1 aromatic carbocycles. The van der Waals surface area contributed by atoms with Gasteiger partial charge in [-0.25, -0.2) is 0 Å². The van der Waals surface area contributed by atoms with E-state index in [0.29, 0.717) is 23.1 Å². The summed E-state index contributed by atoms with van der Waals surface area (Å²) in [5.41, 5.74) is 5.38. The summed E-state index contributed by atoms with van der Waals surface area (Å²) in [5, 5.41) is 12.1. The summed E-state index contributed by atoms with van der Waals surface area (Å²) in [5.74, 6) is 0.225. The van der Waals surface area contributed by atoms with E-state index in [4.69, 9.17) is 12.8 Å². The van der Waals surface area contributed by atoms with Gasteiger partial charge < -0.3 is 10.6 Å². The van der Waals surface area contributed by atoms with Crippen LogP contribution in [0.2, 0.25) is 0 Å². The van der Waals surface area contributed by atoms with Gasteiger partial charge in [-0.1, -0.05) is 25.5 Å². The van der Waals surface area contributed by atoms with Crippen LogP contribution in [0.5, 0.6) is 0 Å². The average Bonchev–Trinajstić information content (AvgIpc) is 3.07. The number of aryl methyl sites for hydroxylation is 2. The Morgan fingerprint density at radius 2 is 1.87 bits per heavy atom. The van der Waals surface area contributed by atoms with E-state index in [9.17, 15) is 4.79 Å². The van der Waals surface area contributed by atoms with Gasteiger partial charge in [-0.2, -0.15) is 5.10 Å². The quantitative estimate of drug-likeness (QED) is 0.627. The number of pyridine rings is 1. The minimum Gasteiger partial charge on any atom is -0.382 e. The fourth-order valence-corrected chi connectivity index (χ4v) is 4.36. The monoisotopic (exact) mass is 415 g/mol. The maximum absolute atomic E-state index is 12.6. The normalized spacial score (nSPS) is 19.0. The number of fused-ring (bicyclic) bond motifs is 1. The lowest BCUT2D eigenvalue weighted by Gasteiger charge is -2.31. The molecule has 0 spiro atoms. The molecular formula is C24H30BN5O. The summed E-state index contributed by atoms with van der Waals surface area (Å²) in [6.45, 7) is 6.46. The predicted molar refractivity (Wildman–Crippen MR) is 126 cm³/mol. The number of amides is 1. The second-order valence-electron chi connectivity index (χ2n) is 9.01. The van der Waals surface area contributed by atoms with Crippen molar-refractivity contribution in [2.75, 3.05) is 5.32 Å². The van der Waals surface area contributed by atoms with Gasteiger partial charge >= 0.3 is 0 Å². The molecule has 1 aliphatic rings. The Morgan fingerprint density at radius 1 is 1.16 bits per heavy atom. The molecule has 1 fully saturated rings. The molecule has 2 N–H and O–H groups in total. The molecule has 2 radical (unpaired) electrons. The Kier molecular flexibility index (Phi) is 6.03. The molecule has 6 nitrogen and oxygen atoms in total. The summed E-state index contributed by atoms with van der Waals surface area (Å²) in [6, 6.07) is 9.16. The lowest BCUT2D eigenvalue weighted by molar-refractivity contribution is 0.0918. The van der Waals surface area contributed by atoms with Crippen LogP contribution in [-0.4, -0.2) is 40.6 Å². The number of carbonyl (C=O) groups excluding carboxylic acids is 1. The smallest absolute Gasteiger partial charge is 0.269 e. The zero-order valence-electron chi connectivity index (χ0n) is 18.8. The van der Waals surface area contributed by atoms with Gasteiger partial charge in [0.15, 0.2) is 0 Å². The zero-order valence-corrected chi connectivity index (χ0v) is 18.8. The second kappa shape index (κ2) is 8.73. The molecule has 31 heavy (non-hydrogen) atoms. The van der Waals surface area contributed by atoms with Crippen molar-refractivity contribution >= 4 is 35.8 Å². The number of rotatable bonds is 5. The van der Waals surface area contributed by atoms with E-state index >= 15 is 0 Å². The van der Waals surface area contributed by atoms with Gasteiger partial charge in [0.2, 0.25) is 0 Å². The van der Waals surface area contributed by atoms with Crippen LogP contribution in [0.4, 0.5) is 5.69 Å². The van der Waals surface area contributed by atoms with Crippen molar-refractivity contribution in [2.45, 2.75) is 64.5 Å². The van der Waals surface area contributed by atoms with Crippen LogP contribution in [-0.2, 0) is 7.05 Å². The first kappa shape index (κ1) is 21.4. The number of carbonyl (C=O) groups is 1. The van der Waals surface area contributed by atoms with Crippen LogP contribution < -0.4 is 16.1 Å². The van der Waals surface area contributed by atoms with E-state index in [2.05, 4.69) is 60.8 Å². The molecule has 2 aromatic heterocycles. The van der Waals surface area contributed by atoms with E-state index in [1.807, 2.05) is 0 Å². The lowest BCUT2D eigenvalue weighted by Crippen LogP contribution is -2.42. The van der Waals surface area contributed by atoms with Crippen LogP contribution in [0.25, 0.3) is 10.9 Å². The molecular weight excluding hydrogens is 385 g/mol. The Labute approximate surface area is 185 Å². The van der Waals surface area contributed by atoms with Gasteiger partial charge in [-0.15, -0.1) is 0 Å². The van der Waals surface area contributed by atoms with Crippen LogP contribution in [0.15, 0.2) is 30.5 Å². The number of hydrogen-bond donors (Lipinski definition) is 2. The fraction of sp³-hybridized carbons (Fsp3) is 0.458. The lowest BCUT2D eigenvalue weighted by atomic mass is 9.90. The van der Waals surface area contributed by atoms with Gasteiger partial charge in [-0.05, 0) is 62.2 Å². The van der Waals surface area contributed by atoms with Crippen LogP contribution in [0, 0.1) is 6.92 Å². The van der Waals surface area contributed by atoms with Gasteiger partial charge in [-0.3, -0.25) is 14.5 Å². The molecule has 0 aliphatic heterocycles. The van der Waals surface area contributed by atoms with Crippen molar-refractivity contribution < 1.29 is 4.79 Å². The highest BCUT2D eigenvalue weighted by Gasteiger charge is 2.25. The van der Waals surface area contributed by atoms with Crippen LogP contribution in [0.3, 0.4) is 0 Å². The number of nitrogens with one attached hydrogen (secondary N) is 2. The summed E-state index contributed by atoms with van der Waals surface area (Å²) >= 11 is 0. The summed E-state index contributed by atoms with van der Waals surface area (Å²) in [7, 11) is 7.62. The number of hydrogen-bond acceptors (Lipinski definition) is 4. The highest BCUT2D eigenvalue weighted by atomic mass is 16.2. The third kappa shape index (κ3) is 4.60. The van der Waals surface area contributed by atoms with E-state index in [-0.39, 0.29) is 11.9 Å². The van der Waals surface area contributed by atoms with Crippen LogP contribution >= 0.6 is 0 Å². The predicted octanol–water partition coefficient (Wildman–Crippen LogP) is 3.35. The number of anilines is 1. The summed E-state index contributed by atoms with van der Waals surface area (Å²) < 4.78 is 1.53. The molecule has 0 saturated heterocycles. The third-order valence-corrected chi connectivity index (χ3v) is 6.18. The summed E-state index contributed by atoms with van der Waals surface area (Å²) in [6.07, 6.45) is 5.37. The standard InChI is InChI=1S/C24H30BN5O/c1-14(2)21-12-22(18-11-15(3)5-10-20(18)29-21)27-16-6-8-17(9-7-16)28-24(31)23-19(25)13-26-30(23)4/h5,10-14,16-17H,6-9H2,1-4H3,(H,27,29)(H,28,31). The van der Waals surface area contributed by atoms with Crippen molar-refractivity contribution in [3.05, 3.63) is 47.4 Å². The maximum atomic E-state index is 12.6. The Hall–Kier alpha value is -2.83. The Balaban J connectivity index is 1.44. The van der Waals surface area contributed by atoms with Gasteiger partial charge in [0.05, 0.1) is 5.52 Å². The molecule has 3 aromatic rings. The fourth-order valence-electron chi connectivity index (χ4n) is 4.36. The first-order valence-electron chi connectivity index (χ1n) is 11.1. The maximum Gasteiger partial charge on any atom is 0.269 e. The molecule has 4 rings (SSSR count). The zero-order chi connectivity index (χ0) is 22.1. The SMILES string of the molecule is [B]c1cnn(C)c1C(=O)NC1CCC(Nc2cc(C(C)C)nc3ccc(C)cc23)CC1. The highest BCUT2D eigenvalue weighted by Crippen LogP contribution is 2.30. The third-order valence-electron chi connectivity index (χ3n) is 6.18. The van der Waals surface area contributed by atoms with E-state index < -0.39 is 0 Å². The first-order chi connectivity index (χ1) is 14.8. The van der Waals surface area contributed by atoms with Crippen molar-refractivity contribution in [1.29, 1.82) is 0 Å². The number of benzene rings is 1. The average molecular weight is 415 g/mol. The molecule has 1 saturated carbocycles. The van der Waals surface area contributed by atoms with Gasteiger partial charge in [0, 0.05) is 42.1 Å². The largest absolute Gasteiger partial charge is 0.382 e. The molecule has 2 heterocycles. The highest BCUT2D eigenvalue weighted by molar-refractivity contribution is 6.36. The minimum absolute atomic E-state index is 0.147. The van der Waals surface area contributed by atoms with E-state index in [1.165, 1.54) is 21.8 Å². The topological polar surface area (TPSA) is 71.8 Å². The molecule has 0 unspecified atom stereocenters. The van der Waals surface area contributed by atoms with Gasteiger partial charge in [0.25, 0.3) is 5.91 Å². The Bertz CT molecular complexity index is 1080. The van der Waals surface area contributed by atoms with Crippen molar-refractivity contribution in [2.24, 2.45) is 7.05 Å². The minimum atomic E-state index is -0.147. The van der Waals surface area contributed by atoms with Crippen molar-refractivity contribution in [3.8, 4) is 0 Å². The number of nitrogens with zero attached hydrogens (tertiary/aromatic N) is 3. The van der Waals surface area contributed by atoms with E-state index in [1.54, 1.807) is 7.05 Å².